The van der Waals surface area contributed by atoms with E-state index in [1.54, 1.807) is 0 Å². The summed E-state index contributed by atoms with van der Waals surface area (Å²) in [5, 5.41) is 8.56. The molecule has 0 heterocycles. The molecule has 0 unspecified atom stereocenters. The Bertz CT molecular complexity index is 253. The number of hydrogen-bond donors (Lipinski definition) is 0. The van der Waals surface area contributed by atoms with E-state index in [0.29, 0.717) is 25.4 Å². The molecule has 0 aliphatic heterocycles. The van der Waals surface area contributed by atoms with Gasteiger partial charge in [-0.05, 0) is 19.3 Å². The van der Waals surface area contributed by atoms with E-state index in [9.17, 15) is 4.79 Å². The molecule has 0 aromatic rings. The molecular formula is C13H22N2O. The van der Waals surface area contributed by atoms with Crippen LogP contribution in [0.3, 0.4) is 0 Å². The first-order valence-electron chi connectivity index (χ1n) is 6.46. The Morgan fingerprint density at radius 1 is 1.38 bits per heavy atom. The van der Waals surface area contributed by atoms with Crippen molar-refractivity contribution in [3.8, 4) is 6.07 Å². The van der Waals surface area contributed by atoms with Crippen molar-refractivity contribution >= 4 is 5.91 Å². The molecule has 0 aromatic heterocycles. The Morgan fingerprint density at radius 3 is 2.69 bits per heavy atom. The van der Waals surface area contributed by atoms with E-state index in [1.165, 1.54) is 12.8 Å². The molecule has 1 rings (SSSR count). The van der Waals surface area contributed by atoms with Crippen LogP contribution in [-0.4, -0.2) is 23.4 Å². The monoisotopic (exact) mass is 222 g/mol. The zero-order chi connectivity index (χ0) is 11.8. The Labute approximate surface area is 98.4 Å². The molecule has 0 spiro atoms. The standard InChI is InChI=1S/C13H22N2O/c1-2-3-4-5-7-13(16)15(11-6-10-14)12-8-9-12/h12H,2-9,11H2,1H3. The highest BCUT2D eigenvalue weighted by Crippen LogP contribution is 2.27. The normalized spacial score (nSPS) is 14.5. The third-order valence-electron chi connectivity index (χ3n) is 3.02. The minimum Gasteiger partial charge on any atom is -0.339 e. The first-order valence-corrected chi connectivity index (χ1v) is 6.46. The summed E-state index contributed by atoms with van der Waals surface area (Å²) in [6.07, 6.45) is 7.97. The van der Waals surface area contributed by atoms with Gasteiger partial charge in [-0.3, -0.25) is 4.79 Å². The Balaban J connectivity index is 2.22. The Hall–Kier alpha value is -1.04. The molecule has 16 heavy (non-hydrogen) atoms. The van der Waals surface area contributed by atoms with Gasteiger partial charge in [-0.25, -0.2) is 0 Å². The molecule has 3 nitrogen and oxygen atoms in total. The number of nitrogens with zero attached hydrogens (tertiary/aromatic N) is 2. The maximum atomic E-state index is 11.9. The van der Waals surface area contributed by atoms with Crippen LogP contribution >= 0.6 is 0 Å². The fourth-order valence-corrected chi connectivity index (χ4v) is 1.91. The number of amides is 1. The smallest absolute Gasteiger partial charge is 0.222 e. The molecule has 1 aliphatic carbocycles. The van der Waals surface area contributed by atoms with Crippen LogP contribution in [0.15, 0.2) is 0 Å². The maximum Gasteiger partial charge on any atom is 0.222 e. The lowest BCUT2D eigenvalue weighted by Crippen LogP contribution is -2.33. The van der Waals surface area contributed by atoms with Gasteiger partial charge in [-0.2, -0.15) is 5.26 Å². The van der Waals surface area contributed by atoms with Crippen molar-refractivity contribution in [1.82, 2.24) is 4.90 Å². The van der Waals surface area contributed by atoms with Crippen LogP contribution in [0.5, 0.6) is 0 Å². The summed E-state index contributed by atoms with van der Waals surface area (Å²) in [7, 11) is 0. The van der Waals surface area contributed by atoms with Gasteiger partial charge in [0.1, 0.15) is 0 Å². The van der Waals surface area contributed by atoms with E-state index in [4.69, 9.17) is 5.26 Å². The summed E-state index contributed by atoms with van der Waals surface area (Å²) in [6.45, 7) is 2.80. The molecule has 0 N–H and O–H groups in total. The van der Waals surface area contributed by atoms with E-state index in [1.807, 2.05) is 4.90 Å². The second-order valence-electron chi connectivity index (χ2n) is 4.54. The fourth-order valence-electron chi connectivity index (χ4n) is 1.91. The summed E-state index contributed by atoms with van der Waals surface area (Å²) in [5.74, 6) is 0.258. The Morgan fingerprint density at radius 2 is 2.12 bits per heavy atom. The number of nitriles is 1. The van der Waals surface area contributed by atoms with E-state index in [0.717, 1.165) is 25.7 Å². The zero-order valence-electron chi connectivity index (χ0n) is 10.2. The predicted octanol–water partition coefficient (Wildman–Crippen LogP) is 2.86. The molecule has 1 amide bonds. The second kappa shape index (κ2) is 7.27. The third kappa shape index (κ3) is 4.65. The quantitative estimate of drug-likeness (QED) is 0.593. The van der Waals surface area contributed by atoms with Gasteiger partial charge in [0, 0.05) is 19.0 Å². The molecule has 1 fully saturated rings. The molecule has 0 saturated heterocycles. The largest absolute Gasteiger partial charge is 0.339 e. The maximum absolute atomic E-state index is 11.9. The minimum absolute atomic E-state index is 0.258. The summed E-state index contributed by atoms with van der Waals surface area (Å²) >= 11 is 0. The summed E-state index contributed by atoms with van der Waals surface area (Å²) < 4.78 is 0. The molecule has 3 heteroatoms. The lowest BCUT2D eigenvalue weighted by molar-refractivity contribution is -0.131. The summed E-state index contributed by atoms with van der Waals surface area (Å²) in [6, 6.07) is 2.57. The van der Waals surface area contributed by atoms with Crippen molar-refractivity contribution in [3.63, 3.8) is 0 Å². The average molecular weight is 222 g/mol. The highest BCUT2D eigenvalue weighted by molar-refractivity contribution is 5.76. The lowest BCUT2D eigenvalue weighted by Gasteiger charge is -2.21. The van der Waals surface area contributed by atoms with E-state index in [-0.39, 0.29) is 5.91 Å². The van der Waals surface area contributed by atoms with Gasteiger partial charge < -0.3 is 4.90 Å². The topological polar surface area (TPSA) is 44.1 Å². The molecule has 1 saturated carbocycles. The van der Waals surface area contributed by atoms with Crippen molar-refractivity contribution in [3.05, 3.63) is 0 Å². The number of carbonyl (C=O) groups is 1. The van der Waals surface area contributed by atoms with Gasteiger partial charge in [-0.15, -0.1) is 0 Å². The highest BCUT2D eigenvalue weighted by Gasteiger charge is 2.31. The van der Waals surface area contributed by atoms with Crippen LogP contribution in [0.25, 0.3) is 0 Å². The van der Waals surface area contributed by atoms with E-state index < -0.39 is 0 Å². The van der Waals surface area contributed by atoms with E-state index in [2.05, 4.69) is 13.0 Å². The molecule has 0 bridgehead atoms. The van der Waals surface area contributed by atoms with Crippen molar-refractivity contribution in [1.29, 1.82) is 5.26 Å². The molecule has 0 atom stereocenters. The zero-order valence-corrected chi connectivity index (χ0v) is 10.2. The SMILES string of the molecule is CCCCCCC(=O)N(CCC#N)C1CC1. The number of unbranched alkanes of at least 4 members (excludes halogenated alkanes) is 3. The van der Waals surface area contributed by atoms with Crippen LogP contribution < -0.4 is 0 Å². The van der Waals surface area contributed by atoms with Crippen LogP contribution in [-0.2, 0) is 4.79 Å². The average Bonchev–Trinajstić information content (AvgIpc) is 3.09. The number of rotatable bonds is 8. The van der Waals surface area contributed by atoms with Crippen molar-refractivity contribution in [2.45, 2.75) is 64.3 Å². The van der Waals surface area contributed by atoms with Gasteiger partial charge in [0.25, 0.3) is 0 Å². The van der Waals surface area contributed by atoms with Crippen molar-refractivity contribution < 1.29 is 4.79 Å². The molecule has 90 valence electrons. The van der Waals surface area contributed by atoms with Gasteiger partial charge in [0.2, 0.25) is 5.91 Å². The summed E-state index contributed by atoms with van der Waals surface area (Å²) in [5.41, 5.74) is 0. The molecule has 1 aliphatic rings. The third-order valence-corrected chi connectivity index (χ3v) is 3.02. The number of carbonyl (C=O) groups excluding carboxylic acids is 1. The molecule has 0 aromatic carbocycles. The predicted molar refractivity (Wildman–Crippen MR) is 63.7 cm³/mol. The fraction of sp³-hybridized carbons (Fsp3) is 0.846. The van der Waals surface area contributed by atoms with Gasteiger partial charge in [0.05, 0.1) is 12.5 Å². The van der Waals surface area contributed by atoms with Crippen molar-refractivity contribution in [2.75, 3.05) is 6.54 Å². The van der Waals surface area contributed by atoms with E-state index >= 15 is 0 Å². The van der Waals surface area contributed by atoms with Gasteiger partial charge >= 0.3 is 0 Å². The highest BCUT2D eigenvalue weighted by atomic mass is 16.2. The van der Waals surface area contributed by atoms with Crippen LogP contribution in [0, 0.1) is 11.3 Å². The minimum atomic E-state index is 0.258. The van der Waals surface area contributed by atoms with Crippen LogP contribution in [0.4, 0.5) is 0 Å². The van der Waals surface area contributed by atoms with Gasteiger partial charge in [-0.1, -0.05) is 26.2 Å². The first kappa shape index (κ1) is 13.0. The first-order chi connectivity index (χ1) is 7.79. The Kier molecular flexibility index (Phi) is 5.92. The van der Waals surface area contributed by atoms with Crippen molar-refractivity contribution in [2.24, 2.45) is 0 Å². The molecular weight excluding hydrogens is 200 g/mol. The summed E-state index contributed by atoms with van der Waals surface area (Å²) in [4.78, 5) is 13.8. The van der Waals surface area contributed by atoms with Crippen LogP contribution in [0.1, 0.15) is 58.3 Å². The number of hydrogen-bond acceptors (Lipinski definition) is 2. The molecule has 0 radical (unpaired) electrons. The lowest BCUT2D eigenvalue weighted by atomic mass is 10.1. The van der Waals surface area contributed by atoms with Crippen LogP contribution in [0.2, 0.25) is 0 Å². The van der Waals surface area contributed by atoms with Gasteiger partial charge in [0.15, 0.2) is 0 Å². The second-order valence-corrected chi connectivity index (χ2v) is 4.54.